The topological polar surface area (TPSA) is 116 Å². The highest BCUT2D eigenvalue weighted by molar-refractivity contribution is 6.01. The number of carbonyl (C=O) groups excluding carboxylic acids is 1. The highest BCUT2D eigenvalue weighted by Crippen LogP contribution is 2.35. The van der Waals surface area contributed by atoms with Crippen LogP contribution in [0.25, 0.3) is 11.4 Å². The molecule has 1 aliphatic heterocycles. The second kappa shape index (κ2) is 10.3. The summed E-state index contributed by atoms with van der Waals surface area (Å²) in [7, 11) is 0. The molecule has 1 amide bonds. The average molecular weight is 441 g/mol. The zero-order valence-corrected chi connectivity index (χ0v) is 19.3. The minimum Gasteiger partial charge on any atom is -0.491 e. The first-order chi connectivity index (χ1) is 15.2. The SMILES string of the molecule is CC(=N/C=N\NC(C)C)c1cn2c(n1)-c1ccc(OC(CC(C)C)C(N)=O)cc1OCC2. The number of primary amides is 1. The molecule has 0 fully saturated rings. The molecule has 9 nitrogen and oxygen atoms in total. The maximum atomic E-state index is 11.8. The van der Waals surface area contributed by atoms with E-state index < -0.39 is 12.0 Å². The lowest BCUT2D eigenvalue weighted by Gasteiger charge is -2.18. The van der Waals surface area contributed by atoms with E-state index in [9.17, 15) is 4.79 Å². The summed E-state index contributed by atoms with van der Waals surface area (Å²) in [5.41, 5.74) is 10.8. The van der Waals surface area contributed by atoms with Crippen molar-refractivity contribution < 1.29 is 14.3 Å². The van der Waals surface area contributed by atoms with Crippen molar-refractivity contribution in [3.8, 4) is 22.9 Å². The summed E-state index contributed by atoms with van der Waals surface area (Å²) in [6, 6.07) is 5.75. The molecule has 0 aliphatic carbocycles. The normalized spacial score (nSPS) is 14.7. The summed E-state index contributed by atoms with van der Waals surface area (Å²) in [6.45, 7) is 11.1. The van der Waals surface area contributed by atoms with Crippen molar-refractivity contribution in [1.82, 2.24) is 15.0 Å². The second-order valence-corrected chi connectivity index (χ2v) is 8.53. The molecular formula is C23H32N6O3. The molecular weight excluding hydrogens is 408 g/mol. The van der Waals surface area contributed by atoms with Gasteiger partial charge in [-0.15, -0.1) is 0 Å². The van der Waals surface area contributed by atoms with Gasteiger partial charge in [-0.2, -0.15) is 5.10 Å². The molecule has 2 heterocycles. The number of hydrogen-bond donors (Lipinski definition) is 2. The second-order valence-electron chi connectivity index (χ2n) is 8.53. The van der Waals surface area contributed by atoms with Crippen molar-refractivity contribution in [3.05, 3.63) is 30.1 Å². The van der Waals surface area contributed by atoms with Crippen LogP contribution in [-0.4, -0.2) is 46.3 Å². The average Bonchev–Trinajstić information content (AvgIpc) is 3.07. The van der Waals surface area contributed by atoms with Crippen LogP contribution in [0.3, 0.4) is 0 Å². The number of aromatic nitrogens is 2. The number of nitrogens with zero attached hydrogens (tertiary/aromatic N) is 4. The highest BCUT2D eigenvalue weighted by Gasteiger charge is 2.22. The van der Waals surface area contributed by atoms with Crippen molar-refractivity contribution in [1.29, 1.82) is 0 Å². The van der Waals surface area contributed by atoms with Gasteiger partial charge in [-0.05, 0) is 45.2 Å². The number of aliphatic imine (C=N–C) groups is 1. The number of fused-ring (bicyclic) bond motifs is 3. The molecule has 0 radical (unpaired) electrons. The molecule has 1 aromatic carbocycles. The zero-order valence-electron chi connectivity index (χ0n) is 19.3. The third-order valence-electron chi connectivity index (χ3n) is 4.85. The van der Waals surface area contributed by atoms with Gasteiger partial charge in [-0.25, -0.2) is 9.98 Å². The highest BCUT2D eigenvalue weighted by atomic mass is 16.5. The van der Waals surface area contributed by atoms with E-state index in [0.717, 1.165) is 22.8 Å². The van der Waals surface area contributed by atoms with Crippen LogP contribution in [0.4, 0.5) is 0 Å². The largest absolute Gasteiger partial charge is 0.491 e. The van der Waals surface area contributed by atoms with Gasteiger partial charge in [0.1, 0.15) is 36.0 Å². The van der Waals surface area contributed by atoms with Crippen molar-refractivity contribution in [2.45, 2.75) is 59.7 Å². The molecule has 1 aromatic heterocycles. The standard InChI is InChI=1S/C23H32N6O3/c1-14(2)10-21(22(24)30)32-17-6-7-18-20(11-17)31-9-8-29-12-19(27-23(18)29)16(5)25-13-26-28-15(3)4/h6-7,11-15,21,28H,8-10H2,1-5H3,(H2,24,30)/b25-16?,26-13-. The molecule has 0 saturated carbocycles. The van der Waals surface area contributed by atoms with Gasteiger partial charge in [0.15, 0.2) is 6.10 Å². The fourth-order valence-corrected chi connectivity index (χ4v) is 3.29. The fraction of sp³-hybridized carbons (Fsp3) is 0.478. The Kier molecular flexibility index (Phi) is 7.50. The Bertz CT molecular complexity index is 1010. The summed E-state index contributed by atoms with van der Waals surface area (Å²) in [5.74, 6) is 1.80. The maximum Gasteiger partial charge on any atom is 0.258 e. The van der Waals surface area contributed by atoms with Gasteiger partial charge in [0.2, 0.25) is 0 Å². The number of ether oxygens (including phenoxy) is 2. The van der Waals surface area contributed by atoms with Crippen molar-refractivity contribution in [3.63, 3.8) is 0 Å². The van der Waals surface area contributed by atoms with Crippen LogP contribution in [0, 0.1) is 5.92 Å². The Morgan fingerprint density at radius 1 is 1.38 bits per heavy atom. The van der Waals surface area contributed by atoms with E-state index in [4.69, 9.17) is 20.2 Å². The van der Waals surface area contributed by atoms with Crippen LogP contribution >= 0.6 is 0 Å². The van der Waals surface area contributed by atoms with Crippen molar-refractivity contribution in [2.75, 3.05) is 6.61 Å². The maximum absolute atomic E-state index is 11.8. The lowest BCUT2D eigenvalue weighted by Crippen LogP contribution is -2.34. The van der Waals surface area contributed by atoms with E-state index in [-0.39, 0.29) is 12.0 Å². The summed E-state index contributed by atoms with van der Waals surface area (Å²) in [6.07, 6.45) is 3.33. The summed E-state index contributed by atoms with van der Waals surface area (Å²) in [5, 5.41) is 4.07. The van der Waals surface area contributed by atoms with Gasteiger partial charge in [-0.3, -0.25) is 4.79 Å². The molecule has 0 saturated heterocycles. The number of nitrogens with two attached hydrogens (primary N) is 1. The minimum atomic E-state index is -0.682. The monoisotopic (exact) mass is 440 g/mol. The van der Waals surface area contributed by atoms with E-state index >= 15 is 0 Å². The van der Waals surface area contributed by atoms with Gasteiger partial charge in [0.05, 0.1) is 17.8 Å². The molecule has 1 aliphatic rings. The summed E-state index contributed by atoms with van der Waals surface area (Å²) in [4.78, 5) is 20.9. The Labute approximate surface area is 188 Å². The molecule has 1 unspecified atom stereocenters. The van der Waals surface area contributed by atoms with Crippen molar-refractivity contribution in [2.24, 2.45) is 21.7 Å². The zero-order chi connectivity index (χ0) is 23.3. The predicted molar refractivity (Wildman–Crippen MR) is 125 cm³/mol. The predicted octanol–water partition coefficient (Wildman–Crippen LogP) is 2.97. The third kappa shape index (κ3) is 5.87. The van der Waals surface area contributed by atoms with Crippen LogP contribution in [0.2, 0.25) is 0 Å². The molecule has 2 aromatic rings. The number of amides is 1. The number of hydrogen-bond acceptors (Lipinski definition) is 6. The van der Waals surface area contributed by atoms with Gasteiger partial charge >= 0.3 is 0 Å². The summed E-state index contributed by atoms with van der Waals surface area (Å²) < 4.78 is 13.9. The van der Waals surface area contributed by atoms with Crippen molar-refractivity contribution >= 4 is 18.0 Å². The Morgan fingerprint density at radius 3 is 2.84 bits per heavy atom. The molecule has 0 spiro atoms. The summed E-state index contributed by atoms with van der Waals surface area (Å²) >= 11 is 0. The lowest BCUT2D eigenvalue weighted by atomic mass is 10.1. The Morgan fingerprint density at radius 2 is 2.16 bits per heavy atom. The first-order valence-corrected chi connectivity index (χ1v) is 10.9. The number of carbonyl (C=O) groups is 1. The molecule has 0 bridgehead atoms. The van der Waals surface area contributed by atoms with E-state index in [1.54, 1.807) is 6.07 Å². The van der Waals surface area contributed by atoms with Crippen LogP contribution in [0.15, 0.2) is 34.5 Å². The number of hydrazone groups is 1. The van der Waals surface area contributed by atoms with E-state index in [1.807, 2.05) is 52.9 Å². The smallest absolute Gasteiger partial charge is 0.258 e. The van der Waals surface area contributed by atoms with Gasteiger partial charge in [0, 0.05) is 18.3 Å². The number of benzene rings is 1. The number of nitrogens with one attached hydrogen (secondary N) is 1. The molecule has 1 atom stereocenters. The minimum absolute atomic E-state index is 0.249. The van der Waals surface area contributed by atoms with E-state index in [2.05, 4.69) is 20.1 Å². The van der Waals surface area contributed by atoms with Gasteiger partial charge < -0.3 is 25.2 Å². The molecule has 9 heteroatoms. The number of rotatable bonds is 9. The fourth-order valence-electron chi connectivity index (χ4n) is 3.29. The quantitative estimate of drug-likeness (QED) is 0.353. The first kappa shape index (κ1) is 23.3. The van der Waals surface area contributed by atoms with Crippen LogP contribution < -0.4 is 20.6 Å². The van der Waals surface area contributed by atoms with E-state index in [1.165, 1.54) is 6.34 Å². The molecule has 172 valence electrons. The Balaban J connectivity index is 1.84. The first-order valence-electron chi connectivity index (χ1n) is 10.9. The van der Waals surface area contributed by atoms with Crippen LogP contribution in [-0.2, 0) is 11.3 Å². The third-order valence-corrected chi connectivity index (χ3v) is 4.85. The van der Waals surface area contributed by atoms with Gasteiger partial charge in [0.25, 0.3) is 5.91 Å². The Hall–Kier alpha value is -3.36. The van der Waals surface area contributed by atoms with Crippen LogP contribution in [0.5, 0.6) is 11.5 Å². The lowest BCUT2D eigenvalue weighted by molar-refractivity contribution is -0.125. The number of imidazole rings is 1. The van der Waals surface area contributed by atoms with Crippen LogP contribution in [0.1, 0.15) is 46.7 Å². The molecule has 3 rings (SSSR count). The molecule has 32 heavy (non-hydrogen) atoms. The molecule has 3 N–H and O–H groups in total. The van der Waals surface area contributed by atoms with E-state index in [0.29, 0.717) is 31.1 Å². The van der Waals surface area contributed by atoms with Gasteiger partial charge in [-0.1, -0.05) is 13.8 Å².